The molecule has 56 valence electrons. The molecule has 0 saturated heterocycles. The number of hydrogen-bond acceptors (Lipinski definition) is 1. The fraction of sp³-hybridized carbons (Fsp3) is 0.125. The molecular formula is C8H8AsNO. The maximum atomic E-state index is 10.6. The summed E-state index contributed by atoms with van der Waals surface area (Å²) in [5, 5.41) is 2.69. The fourth-order valence-corrected chi connectivity index (χ4v) is 1.06. The molecule has 2 nitrogen and oxygen atoms in total. The van der Waals surface area contributed by atoms with Crippen molar-refractivity contribution in [2.75, 3.05) is 5.32 Å². The second kappa shape index (κ2) is 3.58. The van der Waals surface area contributed by atoms with Crippen LogP contribution in [0.1, 0.15) is 6.92 Å². The third-order valence-corrected chi connectivity index (χ3v) is 1.81. The first-order chi connectivity index (χ1) is 5.18. The molecule has 11 heavy (non-hydrogen) atoms. The van der Waals surface area contributed by atoms with E-state index >= 15 is 0 Å². The van der Waals surface area contributed by atoms with Gasteiger partial charge in [0.05, 0.1) is 0 Å². The average molecular weight is 209 g/mol. The van der Waals surface area contributed by atoms with Gasteiger partial charge in [-0.1, -0.05) is 0 Å². The van der Waals surface area contributed by atoms with Crippen molar-refractivity contribution in [2.45, 2.75) is 6.92 Å². The molecule has 0 aliphatic rings. The summed E-state index contributed by atoms with van der Waals surface area (Å²) < 4.78 is 1.13. The molecule has 0 bridgehead atoms. The van der Waals surface area contributed by atoms with E-state index in [-0.39, 0.29) is 5.91 Å². The molecule has 0 atom stereocenters. The van der Waals surface area contributed by atoms with Crippen LogP contribution in [-0.4, -0.2) is 22.8 Å². The van der Waals surface area contributed by atoms with Crippen molar-refractivity contribution < 1.29 is 4.79 Å². The van der Waals surface area contributed by atoms with Crippen molar-refractivity contribution in [1.82, 2.24) is 0 Å². The van der Waals surface area contributed by atoms with Crippen LogP contribution in [0.3, 0.4) is 0 Å². The summed E-state index contributed by atoms with van der Waals surface area (Å²) in [6, 6.07) is 7.61. The fourth-order valence-electron chi connectivity index (χ4n) is 0.748. The van der Waals surface area contributed by atoms with Crippen molar-refractivity contribution in [3.8, 4) is 0 Å². The first-order valence-electron chi connectivity index (χ1n) is 3.25. The van der Waals surface area contributed by atoms with Crippen LogP contribution in [-0.2, 0) is 4.79 Å². The van der Waals surface area contributed by atoms with Crippen LogP contribution >= 0.6 is 0 Å². The zero-order valence-electron chi connectivity index (χ0n) is 6.16. The number of hydrogen-bond donors (Lipinski definition) is 1. The Hall–Kier alpha value is -0.752. The van der Waals surface area contributed by atoms with E-state index in [1.54, 1.807) is 0 Å². The van der Waals surface area contributed by atoms with E-state index in [1.807, 2.05) is 24.3 Å². The predicted octanol–water partition coefficient (Wildman–Crippen LogP) is 0.439. The Morgan fingerprint density at radius 1 is 1.36 bits per heavy atom. The number of carbonyl (C=O) groups is 1. The molecule has 0 spiro atoms. The summed E-state index contributed by atoms with van der Waals surface area (Å²) >= 11 is 2.44. The molecule has 1 amide bonds. The first kappa shape index (κ1) is 8.35. The van der Waals surface area contributed by atoms with E-state index in [9.17, 15) is 4.79 Å². The Morgan fingerprint density at radius 2 is 1.91 bits per heavy atom. The Kier molecular flexibility index (Phi) is 2.72. The molecule has 0 aromatic heterocycles. The molecule has 1 N–H and O–H groups in total. The summed E-state index contributed by atoms with van der Waals surface area (Å²) in [4.78, 5) is 10.6. The van der Waals surface area contributed by atoms with Crippen LogP contribution in [0.25, 0.3) is 0 Å². The van der Waals surface area contributed by atoms with E-state index in [4.69, 9.17) is 0 Å². The van der Waals surface area contributed by atoms with Crippen LogP contribution in [0.4, 0.5) is 5.69 Å². The summed E-state index contributed by atoms with van der Waals surface area (Å²) in [6.45, 7) is 1.50. The monoisotopic (exact) mass is 209 g/mol. The number of rotatable bonds is 1. The number of anilines is 1. The molecule has 3 heteroatoms. The van der Waals surface area contributed by atoms with Gasteiger partial charge >= 0.3 is 74.1 Å². The molecular weight excluding hydrogens is 201 g/mol. The zero-order valence-corrected chi connectivity index (χ0v) is 8.04. The van der Waals surface area contributed by atoms with Crippen LogP contribution in [0.2, 0.25) is 0 Å². The van der Waals surface area contributed by atoms with E-state index in [2.05, 4.69) is 22.2 Å². The molecule has 2 radical (unpaired) electrons. The molecule has 0 aliphatic heterocycles. The molecule has 0 aliphatic carbocycles. The van der Waals surface area contributed by atoms with Gasteiger partial charge in [0.2, 0.25) is 0 Å². The number of benzene rings is 1. The second-order valence-corrected chi connectivity index (χ2v) is 3.31. The summed E-state index contributed by atoms with van der Waals surface area (Å²) in [5.74, 6) is -0.0386. The van der Waals surface area contributed by atoms with E-state index in [1.165, 1.54) is 6.92 Å². The Morgan fingerprint density at radius 3 is 2.36 bits per heavy atom. The van der Waals surface area contributed by atoms with E-state index in [0.717, 1.165) is 10.0 Å². The van der Waals surface area contributed by atoms with Crippen molar-refractivity contribution >= 4 is 32.8 Å². The van der Waals surface area contributed by atoms with Gasteiger partial charge in [-0.15, -0.1) is 0 Å². The Labute approximate surface area is 74.5 Å². The van der Waals surface area contributed by atoms with Crippen molar-refractivity contribution in [3.05, 3.63) is 24.3 Å². The molecule has 0 fully saturated rings. The minimum absolute atomic E-state index is 0.0386. The predicted molar refractivity (Wildman–Crippen MR) is 46.1 cm³/mol. The van der Waals surface area contributed by atoms with Crippen LogP contribution < -0.4 is 9.67 Å². The van der Waals surface area contributed by atoms with Gasteiger partial charge in [-0.2, -0.15) is 0 Å². The van der Waals surface area contributed by atoms with Gasteiger partial charge < -0.3 is 0 Å². The van der Waals surface area contributed by atoms with Crippen molar-refractivity contribution in [2.24, 2.45) is 0 Å². The van der Waals surface area contributed by atoms with Gasteiger partial charge in [0, 0.05) is 0 Å². The van der Waals surface area contributed by atoms with Gasteiger partial charge in [-0.25, -0.2) is 0 Å². The van der Waals surface area contributed by atoms with Gasteiger partial charge in [0.1, 0.15) is 0 Å². The van der Waals surface area contributed by atoms with Crippen LogP contribution in [0.5, 0.6) is 0 Å². The van der Waals surface area contributed by atoms with Gasteiger partial charge in [-0.3, -0.25) is 0 Å². The topological polar surface area (TPSA) is 29.1 Å². The van der Waals surface area contributed by atoms with Crippen LogP contribution in [0, 0.1) is 0 Å². The number of carbonyl (C=O) groups excluding carboxylic acids is 1. The molecule has 1 aromatic carbocycles. The maximum absolute atomic E-state index is 10.6. The van der Waals surface area contributed by atoms with Crippen molar-refractivity contribution in [1.29, 1.82) is 0 Å². The van der Waals surface area contributed by atoms with E-state index in [0.29, 0.717) is 0 Å². The Balaban J connectivity index is 2.74. The zero-order chi connectivity index (χ0) is 8.27. The molecule has 0 heterocycles. The number of amides is 1. The standard InChI is InChI=1S/C8H8AsNO/c1-6(11)10-8-4-2-7(9)3-5-8/h2-5H,1H3,(H,10,11). The summed E-state index contributed by atoms with van der Waals surface area (Å²) in [7, 11) is 0. The van der Waals surface area contributed by atoms with Gasteiger partial charge in [0.15, 0.2) is 0 Å². The first-order valence-corrected chi connectivity index (χ1v) is 4.19. The normalized spacial score (nSPS) is 9.27. The molecule has 1 aromatic rings. The third kappa shape index (κ3) is 2.77. The quantitative estimate of drug-likeness (QED) is 0.668. The second-order valence-electron chi connectivity index (χ2n) is 2.23. The van der Waals surface area contributed by atoms with Gasteiger partial charge in [-0.05, 0) is 0 Å². The molecule has 1 rings (SSSR count). The van der Waals surface area contributed by atoms with Crippen molar-refractivity contribution in [3.63, 3.8) is 0 Å². The Bertz CT molecular complexity index is 255. The molecule has 0 unspecified atom stereocenters. The van der Waals surface area contributed by atoms with Gasteiger partial charge in [0.25, 0.3) is 0 Å². The molecule has 0 saturated carbocycles. The average Bonchev–Trinajstić information content (AvgIpc) is 1.93. The van der Waals surface area contributed by atoms with Crippen LogP contribution in [0.15, 0.2) is 24.3 Å². The minimum atomic E-state index is -0.0386. The third-order valence-electron chi connectivity index (χ3n) is 1.19. The SMILES string of the molecule is CC(=O)Nc1ccc([As])cc1. The number of nitrogens with one attached hydrogen (secondary N) is 1. The summed E-state index contributed by atoms with van der Waals surface area (Å²) in [6.07, 6.45) is 0. The van der Waals surface area contributed by atoms with E-state index < -0.39 is 0 Å². The summed E-state index contributed by atoms with van der Waals surface area (Å²) in [5.41, 5.74) is 0.840.